The lowest BCUT2D eigenvalue weighted by molar-refractivity contribution is -0.149. The monoisotopic (exact) mass is 542 g/mol. The Morgan fingerprint density at radius 1 is 1.33 bits per heavy atom. The number of para-hydroxylation sites is 1. The van der Waals surface area contributed by atoms with Crippen LogP contribution in [0.1, 0.15) is 33.9 Å². The quantitative estimate of drug-likeness (QED) is 0.197. The Morgan fingerprint density at radius 3 is 2.61 bits per heavy atom. The molecule has 3 rings (SSSR count). The third-order valence-corrected chi connectivity index (χ3v) is 7.24. The van der Waals surface area contributed by atoms with Gasteiger partial charge in [0.2, 0.25) is 4.77 Å². The van der Waals surface area contributed by atoms with Crippen molar-refractivity contribution in [2.75, 3.05) is 12.3 Å². The number of nitrogens with two attached hydrogens (primary N) is 1. The molecule has 0 saturated carbocycles. The van der Waals surface area contributed by atoms with Crippen LogP contribution < -0.4 is 15.3 Å². The first kappa shape index (κ1) is 28.2. The molecular formula is C22H31N4O8PS. The zero-order valence-electron chi connectivity index (χ0n) is 20.3. The van der Waals surface area contributed by atoms with Gasteiger partial charge in [0.25, 0.3) is 0 Å². The molecule has 0 aliphatic carbocycles. The smallest absolute Gasteiger partial charge is 0.459 e. The van der Waals surface area contributed by atoms with E-state index in [0.29, 0.717) is 0 Å². The Labute approximate surface area is 213 Å². The van der Waals surface area contributed by atoms with Crippen molar-refractivity contribution in [1.29, 1.82) is 0 Å². The van der Waals surface area contributed by atoms with Gasteiger partial charge in [0, 0.05) is 6.20 Å². The van der Waals surface area contributed by atoms with Crippen molar-refractivity contribution in [2.24, 2.45) is 0 Å². The van der Waals surface area contributed by atoms with Crippen LogP contribution in [-0.4, -0.2) is 62.3 Å². The second-order valence-electron chi connectivity index (χ2n) is 8.77. The van der Waals surface area contributed by atoms with E-state index in [0.717, 1.165) is 0 Å². The van der Waals surface area contributed by atoms with Gasteiger partial charge in [0.15, 0.2) is 6.23 Å². The fraction of sp³-hybridized carbons (Fsp3) is 0.500. The highest BCUT2D eigenvalue weighted by molar-refractivity contribution is 7.71. The van der Waals surface area contributed by atoms with Crippen LogP contribution in [0.4, 0.5) is 5.82 Å². The van der Waals surface area contributed by atoms with Crippen molar-refractivity contribution in [3.8, 4) is 5.75 Å². The summed E-state index contributed by atoms with van der Waals surface area (Å²) in [6.07, 6.45) is -2.64. The number of aromatic nitrogens is 2. The number of benzene rings is 1. The predicted octanol–water partition coefficient (Wildman–Crippen LogP) is 2.34. The molecule has 1 aliphatic heterocycles. The molecule has 0 radical (unpaired) electrons. The van der Waals surface area contributed by atoms with Crippen LogP contribution in [0, 0.1) is 4.77 Å². The van der Waals surface area contributed by atoms with Crippen LogP contribution in [0.2, 0.25) is 0 Å². The minimum atomic E-state index is -4.20. The van der Waals surface area contributed by atoms with Gasteiger partial charge in [0.05, 0.1) is 12.7 Å². The summed E-state index contributed by atoms with van der Waals surface area (Å²) < 4.78 is 37.2. The minimum Gasteiger partial charge on any atom is -0.462 e. The molecule has 2 unspecified atom stereocenters. The molecule has 0 spiro atoms. The van der Waals surface area contributed by atoms with E-state index in [4.69, 9.17) is 36.5 Å². The Morgan fingerprint density at radius 2 is 2.00 bits per heavy atom. The average molecular weight is 543 g/mol. The molecule has 1 aromatic carbocycles. The summed E-state index contributed by atoms with van der Waals surface area (Å²) in [5.74, 6) is -0.254. The molecule has 2 aromatic rings. The van der Waals surface area contributed by atoms with Gasteiger partial charge in [-0.05, 0) is 58.1 Å². The van der Waals surface area contributed by atoms with Crippen molar-refractivity contribution >= 4 is 31.8 Å². The molecule has 12 nitrogen and oxygen atoms in total. The highest BCUT2D eigenvalue weighted by Gasteiger charge is 2.54. The number of hydrogen-bond acceptors (Lipinski definition) is 11. The number of nitrogens with one attached hydrogen (secondary N) is 1. The van der Waals surface area contributed by atoms with Crippen molar-refractivity contribution in [3.63, 3.8) is 0 Å². The SMILES string of the molecule is CC(C)OC(=O)[C@H](C)NP(=O)(OC[C@H]1O[C@@H](n2ccc(N)nc2=S)C(C)(O)[C@H]1O)Oc1ccccc1. The second kappa shape index (κ2) is 11.3. The third-order valence-electron chi connectivity index (χ3n) is 5.29. The summed E-state index contributed by atoms with van der Waals surface area (Å²) in [4.78, 5) is 16.3. The molecule has 6 atom stereocenters. The molecular weight excluding hydrogens is 511 g/mol. The normalized spacial score (nSPS) is 26.4. The Bertz CT molecular complexity index is 1160. The fourth-order valence-electron chi connectivity index (χ4n) is 3.49. The number of rotatable bonds is 10. The summed E-state index contributed by atoms with van der Waals surface area (Å²) >= 11 is 5.20. The van der Waals surface area contributed by atoms with Crippen LogP contribution in [0.3, 0.4) is 0 Å². The molecule has 1 aliphatic rings. The highest BCUT2D eigenvalue weighted by Crippen LogP contribution is 2.47. The number of aliphatic hydroxyl groups is 2. The largest absolute Gasteiger partial charge is 0.462 e. The van der Waals surface area contributed by atoms with Gasteiger partial charge >= 0.3 is 13.7 Å². The average Bonchev–Trinajstić information content (AvgIpc) is 3.01. The van der Waals surface area contributed by atoms with Gasteiger partial charge < -0.3 is 29.9 Å². The molecule has 2 heterocycles. The van der Waals surface area contributed by atoms with Gasteiger partial charge in [0.1, 0.15) is 35.4 Å². The Balaban J connectivity index is 1.79. The molecule has 198 valence electrons. The highest BCUT2D eigenvalue weighted by atomic mass is 32.1. The molecule has 1 saturated heterocycles. The minimum absolute atomic E-state index is 0.0336. The number of aliphatic hydroxyl groups excluding tert-OH is 1. The third kappa shape index (κ3) is 6.68. The summed E-state index contributed by atoms with van der Waals surface area (Å²) in [6.45, 7) is 5.72. The summed E-state index contributed by atoms with van der Waals surface area (Å²) in [5, 5.41) is 24.3. The zero-order chi connectivity index (χ0) is 26.7. The number of hydrogen-bond donors (Lipinski definition) is 4. The van der Waals surface area contributed by atoms with E-state index >= 15 is 0 Å². The number of carbonyl (C=O) groups excluding carboxylic acids is 1. The van der Waals surface area contributed by atoms with Crippen LogP contribution in [0.5, 0.6) is 5.75 Å². The number of anilines is 1. The maximum absolute atomic E-state index is 13.6. The molecule has 14 heteroatoms. The van der Waals surface area contributed by atoms with E-state index in [-0.39, 0.29) is 22.4 Å². The van der Waals surface area contributed by atoms with Gasteiger partial charge in [-0.25, -0.2) is 9.55 Å². The van der Waals surface area contributed by atoms with Crippen molar-refractivity contribution in [2.45, 2.75) is 63.9 Å². The van der Waals surface area contributed by atoms with Crippen LogP contribution in [-0.2, 0) is 23.4 Å². The standard InChI is InChI=1S/C22H31N4O8PS/c1-13(2)32-19(28)14(3)25-35(30,34-15-8-6-5-7-9-15)31-12-16-18(27)22(4,29)20(33-16)26-11-10-17(23)24-21(26)36/h5-11,13-14,16,18,20,27,29H,12H2,1-4H3,(H,25,30)(H2,23,24,36)/t14-,16+,18-,20+,22?,35?/m0/s1. The number of esters is 1. The summed E-state index contributed by atoms with van der Waals surface area (Å²) in [5.41, 5.74) is 3.84. The Hall–Kier alpha value is -2.38. The molecule has 5 N–H and O–H groups in total. The van der Waals surface area contributed by atoms with Crippen LogP contribution in [0.15, 0.2) is 42.6 Å². The van der Waals surface area contributed by atoms with E-state index < -0.39 is 50.4 Å². The second-order valence-corrected chi connectivity index (χ2v) is 10.8. The first-order chi connectivity index (χ1) is 16.8. The maximum Gasteiger partial charge on any atom is 0.459 e. The zero-order valence-corrected chi connectivity index (χ0v) is 22.0. The summed E-state index contributed by atoms with van der Waals surface area (Å²) in [7, 11) is -4.20. The number of carbonyl (C=O) groups is 1. The van der Waals surface area contributed by atoms with Gasteiger partial charge in [-0.2, -0.15) is 5.09 Å². The van der Waals surface area contributed by atoms with Crippen molar-refractivity contribution in [1.82, 2.24) is 14.6 Å². The van der Waals surface area contributed by atoms with Gasteiger partial charge in [-0.3, -0.25) is 13.9 Å². The lowest BCUT2D eigenvalue weighted by atomic mass is 9.96. The molecule has 0 bridgehead atoms. The first-order valence-corrected chi connectivity index (χ1v) is 13.2. The van der Waals surface area contributed by atoms with Gasteiger partial charge in [-0.15, -0.1) is 0 Å². The number of nitrogen functional groups attached to an aromatic ring is 1. The van der Waals surface area contributed by atoms with E-state index in [9.17, 15) is 19.6 Å². The molecule has 1 fully saturated rings. The lowest BCUT2D eigenvalue weighted by Gasteiger charge is -2.28. The molecule has 0 amide bonds. The van der Waals surface area contributed by atoms with E-state index in [2.05, 4.69) is 10.1 Å². The topological polar surface area (TPSA) is 167 Å². The van der Waals surface area contributed by atoms with Crippen molar-refractivity contribution in [3.05, 3.63) is 47.4 Å². The van der Waals surface area contributed by atoms with Crippen LogP contribution >= 0.6 is 20.0 Å². The maximum atomic E-state index is 13.6. The number of nitrogens with zero attached hydrogens (tertiary/aromatic N) is 2. The van der Waals surface area contributed by atoms with Gasteiger partial charge in [-0.1, -0.05) is 18.2 Å². The fourth-order valence-corrected chi connectivity index (χ4v) is 5.25. The number of ether oxygens (including phenoxy) is 2. The summed E-state index contributed by atoms with van der Waals surface area (Å²) in [6, 6.07) is 8.63. The molecule has 1 aromatic heterocycles. The van der Waals surface area contributed by atoms with Crippen LogP contribution in [0.25, 0.3) is 0 Å². The first-order valence-electron chi connectivity index (χ1n) is 11.2. The lowest BCUT2D eigenvalue weighted by Crippen LogP contribution is -2.44. The van der Waals surface area contributed by atoms with E-state index in [1.54, 1.807) is 44.2 Å². The van der Waals surface area contributed by atoms with E-state index in [1.165, 1.54) is 30.7 Å². The Kier molecular flexibility index (Phi) is 8.88. The van der Waals surface area contributed by atoms with E-state index in [1.807, 2.05) is 0 Å². The van der Waals surface area contributed by atoms with Crippen molar-refractivity contribution < 1.29 is 38.1 Å². The molecule has 36 heavy (non-hydrogen) atoms. The predicted molar refractivity (Wildman–Crippen MR) is 132 cm³/mol.